The molecule has 27 heavy (non-hydrogen) atoms. The summed E-state index contributed by atoms with van der Waals surface area (Å²) in [5, 5.41) is 7.12. The van der Waals surface area contributed by atoms with Crippen LogP contribution in [0, 0.1) is 6.92 Å². The Hall–Kier alpha value is -2.65. The number of rotatable bonds is 4. The lowest BCUT2D eigenvalue weighted by Crippen LogP contribution is -2.39. The number of hydrogen-bond acceptors (Lipinski definition) is 6. The number of aromatic amines is 1. The van der Waals surface area contributed by atoms with Gasteiger partial charge >= 0.3 is 0 Å². The van der Waals surface area contributed by atoms with Gasteiger partial charge in [0.15, 0.2) is 0 Å². The van der Waals surface area contributed by atoms with Gasteiger partial charge in [0.05, 0.1) is 17.1 Å². The van der Waals surface area contributed by atoms with Gasteiger partial charge in [-0.2, -0.15) is 9.40 Å². The van der Waals surface area contributed by atoms with E-state index in [1.807, 2.05) is 19.1 Å². The molecule has 1 aromatic carbocycles. The summed E-state index contributed by atoms with van der Waals surface area (Å²) in [6.07, 6.45) is 7.18. The molecule has 0 spiro atoms. The van der Waals surface area contributed by atoms with Crippen LogP contribution in [0.25, 0.3) is 11.5 Å². The number of piperidine rings is 1. The van der Waals surface area contributed by atoms with E-state index in [4.69, 9.17) is 0 Å². The molecule has 8 nitrogen and oxygen atoms in total. The molecule has 0 aliphatic carbocycles. The molecule has 1 N–H and O–H groups in total. The molecule has 0 saturated carbocycles. The van der Waals surface area contributed by atoms with Crippen molar-refractivity contribution >= 4 is 10.0 Å². The Kier molecular flexibility index (Phi) is 4.71. The number of aromatic nitrogens is 5. The molecule has 1 atom stereocenters. The molecule has 3 aromatic rings. The summed E-state index contributed by atoms with van der Waals surface area (Å²) in [4.78, 5) is 13.1. The van der Waals surface area contributed by atoms with Crippen molar-refractivity contribution in [3.05, 3.63) is 54.2 Å². The van der Waals surface area contributed by atoms with Gasteiger partial charge in [-0.05, 0) is 31.4 Å². The van der Waals surface area contributed by atoms with Gasteiger partial charge in [-0.15, -0.1) is 0 Å². The molecule has 0 bridgehead atoms. The first-order valence-corrected chi connectivity index (χ1v) is 10.3. The minimum atomic E-state index is -3.63. The molecule has 1 aliphatic heterocycles. The maximum Gasteiger partial charge on any atom is 0.244 e. The summed E-state index contributed by atoms with van der Waals surface area (Å²) in [7, 11) is -3.63. The van der Waals surface area contributed by atoms with Crippen molar-refractivity contribution in [1.82, 2.24) is 29.5 Å². The van der Waals surface area contributed by atoms with Crippen LogP contribution in [0.4, 0.5) is 0 Å². The van der Waals surface area contributed by atoms with Gasteiger partial charge in [-0.25, -0.2) is 18.4 Å². The van der Waals surface area contributed by atoms with Crippen LogP contribution < -0.4 is 0 Å². The van der Waals surface area contributed by atoms with Crippen molar-refractivity contribution in [1.29, 1.82) is 0 Å². The summed E-state index contributed by atoms with van der Waals surface area (Å²) >= 11 is 0. The number of aryl methyl sites for hydroxylation is 1. The van der Waals surface area contributed by atoms with Gasteiger partial charge < -0.3 is 0 Å². The molecule has 9 heteroatoms. The predicted molar refractivity (Wildman–Crippen MR) is 99.1 cm³/mol. The van der Waals surface area contributed by atoms with Gasteiger partial charge in [0, 0.05) is 18.9 Å². The van der Waals surface area contributed by atoms with E-state index in [9.17, 15) is 8.42 Å². The zero-order chi connectivity index (χ0) is 18.9. The molecule has 0 amide bonds. The summed E-state index contributed by atoms with van der Waals surface area (Å²) in [5.74, 6) is 0.949. The third-order valence-corrected chi connectivity index (χ3v) is 6.81. The number of nitrogens with one attached hydrogen (secondary N) is 1. The molecule has 2 aromatic heterocycles. The molecule has 0 radical (unpaired) electrons. The average molecular weight is 384 g/mol. The van der Waals surface area contributed by atoms with Crippen LogP contribution in [-0.4, -0.2) is 44.4 Å². The van der Waals surface area contributed by atoms with Gasteiger partial charge in [-0.3, -0.25) is 10.1 Å². The SMILES string of the molecule is Cc1ccccc1S(=O)(=O)N1CCCCC1c1nc(-c2cnccn2)n[nH]1. The highest BCUT2D eigenvalue weighted by atomic mass is 32.2. The quantitative estimate of drug-likeness (QED) is 0.741. The summed E-state index contributed by atoms with van der Waals surface area (Å²) < 4.78 is 28.2. The lowest BCUT2D eigenvalue weighted by molar-refractivity contribution is 0.247. The van der Waals surface area contributed by atoms with E-state index in [1.54, 1.807) is 35.0 Å². The smallest absolute Gasteiger partial charge is 0.244 e. The van der Waals surface area contributed by atoms with E-state index in [-0.39, 0.29) is 6.04 Å². The Morgan fingerprint density at radius 1 is 1.19 bits per heavy atom. The third-order valence-electron chi connectivity index (χ3n) is 4.74. The first-order chi connectivity index (χ1) is 13.1. The first kappa shape index (κ1) is 17.7. The van der Waals surface area contributed by atoms with Crippen LogP contribution in [0.5, 0.6) is 0 Å². The number of nitrogens with zero attached hydrogens (tertiary/aromatic N) is 5. The second kappa shape index (κ2) is 7.16. The van der Waals surface area contributed by atoms with Crippen molar-refractivity contribution in [3.8, 4) is 11.5 Å². The van der Waals surface area contributed by atoms with E-state index in [1.165, 1.54) is 0 Å². The number of benzene rings is 1. The van der Waals surface area contributed by atoms with Crippen molar-refractivity contribution in [2.75, 3.05) is 6.54 Å². The monoisotopic (exact) mass is 384 g/mol. The van der Waals surface area contributed by atoms with Gasteiger partial charge in [-0.1, -0.05) is 24.6 Å². The van der Waals surface area contributed by atoms with Crippen molar-refractivity contribution < 1.29 is 8.42 Å². The number of hydrogen-bond donors (Lipinski definition) is 1. The van der Waals surface area contributed by atoms with Crippen LogP contribution in [0.15, 0.2) is 47.8 Å². The highest BCUT2D eigenvalue weighted by Crippen LogP contribution is 2.35. The molecule has 3 heterocycles. The number of H-pyrrole nitrogens is 1. The Balaban J connectivity index is 1.70. The zero-order valence-electron chi connectivity index (χ0n) is 14.9. The minimum Gasteiger partial charge on any atom is -0.261 e. The molecule has 4 rings (SSSR count). The summed E-state index contributed by atoms with van der Waals surface area (Å²) in [6, 6.07) is 6.68. The second-order valence-corrected chi connectivity index (χ2v) is 8.39. The molecule has 1 aliphatic rings. The summed E-state index contributed by atoms with van der Waals surface area (Å²) in [5.41, 5.74) is 1.28. The Bertz CT molecular complexity index is 1030. The molecular weight excluding hydrogens is 364 g/mol. The average Bonchev–Trinajstić information content (AvgIpc) is 3.19. The van der Waals surface area contributed by atoms with Crippen molar-refractivity contribution in [2.45, 2.75) is 37.1 Å². The van der Waals surface area contributed by atoms with Crippen LogP contribution in [0.1, 0.15) is 36.7 Å². The van der Waals surface area contributed by atoms with Crippen LogP contribution in [-0.2, 0) is 10.0 Å². The highest BCUT2D eigenvalue weighted by molar-refractivity contribution is 7.89. The molecule has 1 fully saturated rings. The van der Waals surface area contributed by atoms with Gasteiger partial charge in [0.25, 0.3) is 0 Å². The maximum atomic E-state index is 13.3. The van der Waals surface area contributed by atoms with Crippen LogP contribution in [0.2, 0.25) is 0 Å². The number of sulfonamides is 1. The fourth-order valence-corrected chi connectivity index (χ4v) is 5.28. The molecule has 1 saturated heterocycles. The second-order valence-electron chi connectivity index (χ2n) is 6.53. The highest BCUT2D eigenvalue weighted by Gasteiger charge is 2.36. The summed E-state index contributed by atoms with van der Waals surface area (Å²) in [6.45, 7) is 2.27. The topological polar surface area (TPSA) is 105 Å². The van der Waals surface area contributed by atoms with E-state index < -0.39 is 10.0 Å². The largest absolute Gasteiger partial charge is 0.261 e. The van der Waals surface area contributed by atoms with Crippen molar-refractivity contribution in [3.63, 3.8) is 0 Å². The Morgan fingerprint density at radius 2 is 2.04 bits per heavy atom. The lowest BCUT2D eigenvalue weighted by Gasteiger charge is -2.33. The predicted octanol–water partition coefficient (Wildman–Crippen LogP) is 2.49. The Morgan fingerprint density at radius 3 is 2.81 bits per heavy atom. The van der Waals surface area contributed by atoms with Crippen molar-refractivity contribution in [2.24, 2.45) is 0 Å². The fraction of sp³-hybridized carbons (Fsp3) is 0.333. The maximum absolute atomic E-state index is 13.3. The molecule has 1 unspecified atom stereocenters. The van der Waals surface area contributed by atoms with Gasteiger partial charge in [0.2, 0.25) is 15.8 Å². The van der Waals surface area contributed by atoms with E-state index in [0.29, 0.717) is 35.2 Å². The van der Waals surface area contributed by atoms with Crippen LogP contribution in [0.3, 0.4) is 0 Å². The normalized spacial score (nSPS) is 18.5. The van der Waals surface area contributed by atoms with Gasteiger partial charge in [0.1, 0.15) is 11.5 Å². The molecular formula is C18H20N6O2S. The van der Waals surface area contributed by atoms with E-state index in [0.717, 1.165) is 18.4 Å². The lowest BCUT2D eigenvalue weighted by atomic mass is 10.0. The van der Waals surface area contributed by atoms with E-state index in [2.05, 4.69) is 25.1 Å². The van der Waals surface area contributed by atoms with Crippen LogP contribution >= 0.6 is 0 Å². The minimum absolute atomic E-state index is 0.338. The van der Waals surface area contributed by atoms with E-state index >= 15 is 0 Å². The standard InChI is InChI=1S/C18H20N6O2S/c1-13-6-2-3-8-16(13)27(25,26)24-11-5-4-7-15(24)18-21-17(22-23-18)14-12-19-9-10-20-14/h2-3,6,8-10,12,15H,4-5,7,11H2,1H3,(H,21,22,23). The third kappa shape index (κ3) is 3.35. The Labute approximate surface area is 157 Å². The first-order valence-electron chi connectivity index (χ1n) is 8.83. The molecule has 140 valence electrons. The fourth-order valence-electron chi connectivity index (χ4n) is 3.39. The zero-order valence-corrected chi connectivity index (χ0v) is 15.7.